The van der Waals surface area contributed by atoms with Crippen LogP contribution in [0.2, 0.25) is 5.02 Å². The van der Waals surface area contributed by atoms with Crippen molar-refractivity contribution in [3.8, 4) is 5.69 Å². The Morgan fingerprint density at radius 2 is 1.92 bits per heavy atom. The number of rotatable bonds is 6. The quantitative estimate of drug-likeness (QED) is 0.681. The number of aryl methyl sites for hydroxylation is 2. The summed E-state index contributed by atoms with van der Waals surface area (Å²) in [6.07, 6.45) is 1.67. The Labute approximate surface area is 155 Å². The van der Waals surface area contributed by atoms with Crippen LogP contribution < -0.4 is 0 Å². The van der Waals surface area contributed by atoms with Crippen molar-refractivity contribution in [1.82, 2.24) is 9.78 Å². The molecule has 0 radical (unpaired) electrons. The van der Waals surface area contributed by atoms with Gasteiger partial charge in [0.05, 0.1) is 22.1 Å². The first-order valence-corrected chi connectivity index (χ1v) is 8.72. The number of hydrogen-bond donors (Lipinski definition) is 1. The van der Waals surface area contributed by atoms with Crippen molar-refractivity contribution in [3.63, 3.8) is 0 Å². The Hall–Kier alpha value is -2.66. The number of hydrogen-bond acceptors (Lipinski definition) is 2. The third-order valence-corrected chi connectivity index (χ3v) is 4.53. The second-order valence-corrected chi connectivity index (χ2v) is 6.33. The number of carboxylic acids is 1. The summed E-state index contributed by atoms with van der Waals surface area (Å²) in [5.74, 6) is -1.53. The number of carboxylic acid groups (broad SMARTS) is 1. The van der Waals surface area contributed by atoms with Crippen molar-refractivity contribution in [2.24, 2.45) is 0 Å². The van der Waals surface area contributed by atoms with Crippen molar-refractivity contribution in [3.05, 3.63) is 81.9 Å². The zero-order chi connectivity index (χ0) is 18.7. The maximum atomic E-state index is 13.5. The average molecular weight is 373 g/mol. The molecule has 0 saturated carbocycles. The molecule has 1 aromatic heterocycles. The Morgan fingerprint density at radius 3 is 2.54 bits per heavy atom. The third-order valence-electron chi connectivity index (χ3n) is 4.24. The van der Waals surface area contributed by atoms with Crippen molar-refractivity contribution in [2.45, 2.75) is 26.2 Å². The molecule has 6 heteroatoms. The molecule has 0 fully saturated rings. The summed E-state index contributed by atoms with van der Waals surface area (Å²) in [5.41, 5.74) is 2.95. The van der Waals surface area contributed by atoms with Gasteiger partial charge in [0.25, 0.3) is 0 Å². The summed E-state index contributed by atoms with van der Waals surface area (Å²) < 4.78 is 15.0. The van der Waals surface area contributed by atoms with E-state index in [4.69, 9.17) is 11.6 Å². The molecule has 3 rings (SSSR count). The average Bonchev–Trinajstić information content (AvgIpc) is 3.02. The van der Waals surface area contributed by atoms with Gasteiger partial charge in [0.15, 0.2) is 0 Å². The standard InChI is InChI=1S/C20H18ClFN2O2/c1-2-18-19(20(25)26)17(11-8-13-6-4-3-5-7-13)23-24(18)14-9-10-16(22)15(21)12-14/h3-7,9-10,12H,2,8,11H2,1H3,(H,25,26). The molecule has 1 heterocycles. The molecule has 0 aliphatic carbocycles. The Kier molecular flexibility index (Phi) is 5.38. The molecule has 0 aliphatic rings. The molecule has 0 aliphatic heterocycles. The van der Waals surface area contributed by atoms with Crippen LogP contribution in [0.3, 0.4) is 0 Å². The number of benzene rings is 2. The van der Waals surface area contributed by atoms with Crippen LogP contribution in [-0.4, -0.2) is 20.9 Å². The molecular formula is C20H18ClFN2O2. The van der Waals surface area contributed by atoms with Crippen molar-refractivity contribution in [2.75, 3.05) is 0 Å². The smallest absolute Gasteiger partial charge is 0.339 e. The summed E-state index contributed by atoms with van der Waals surface area (Å²) in [7, 11) is 0. The van der Waals surface area contributed by atoms with Gasteiger partial charge in [0.1, 0.15) is 11.4 Å². The van der Waals surface area contributed by atoms with Crippen LogP contribution in [0.15, 0.2) is 48.5 Å². The largest absolute Gasteiger partial charge is 0.478 e. The van der Waals surface area contributed by atoms with Gasteiger partial charge in [0, 0.05) is 0 Å². The minimum absolute atomic E-state index is 0.0252. The van der Waals surface area contributed by atoms with E-state index in [1.165, 1.54) is 12.1 Å². The lowest BCUT2D eigenvalue weighted by Gasteiger charge is -2.07. The van der Waals surface area contributed by atoms with Gasteiger partial charge in [-0.15, -0.1) is 0 Å². The van der Waals surface area contributed by atoms with E-state index in [0.29, 0.717) is 36.3 Å². The fraction of sp³-hybridized carbons (Fsp3) is 0.200. The SMILES string of the molecule is CCc1c(C(=O)O)c(CCc2ccccc2)nn1-c1ccc(F)c(Cl)c1. The molecule has 0 spiro atoms. The number of carbonyl (C=O) groups is 1. The van der Waals surface area contributed by atoms with Crippen LogP contribution in [0.1, 0.15) is 34.2 Å². The predicted molar refractivity (Wildman–Crippen MR) is 98.7 cm³/mol. The highest BCUT2D eigenvalue weighted by atomic mass is 35.5. The minimum Gasteiger partial charge on any atom is -0.478 e. The van der Waals surface area contributed by atoms with E-state index in [9.17, 15) is 14.3 Å². The van der Waals surface area contributed by atoms with Crippen LogP contribution in [0.4, 0.5) is 4.39 Å². The van der Waals surface area contributed by atoms with Gasteiger partial charge in [-0.05, 0) is 43.0 Å². The van der Waals surface area contributed by atoms with Gasteiger partial charge >= 0.3 is 5.97 Å². The molecule has 1 N–H and O–H groups in total. The fourth-order valence-corrected chi connectivity index (χ4v) is 3.16. The zero-order valence-electron chi connectivity index (χ0n) is 14.2. The van der Waals surface area contributed by atoms with E-state index in [1.54, 1.807) is 10.7 Å². The van der Waals surface area contributed by atoms with E-state index in [0.717, 1.165) is 5.56 Å². The summed E-state index contributed by atoms with van der Waals surface area (Å²) in [4.78, 5) is 11.8. The molecule has 0 bridgehead atoms. The predicted octanol–water partition coefficient (Wildman–Crippen LogP) is 4.71. The monoisotopic (exact) mass is 372 g/mol. The van der Waals surface area contributed by atoms with E-state index < -0.39 is 11.8 Å². The number of nitrogens with zero attached hydrogens (tertiary/aromatic N) is 2. The van der Waals surface area contributed by atoms with E-state index in [1.807, 2.05) is 37.3 Å². The van der Waals surface area contributed by atoms with Crippen LogP contribution in [0.25, 0.3) is 5.69 Å². The molecule has 4 nitrogen and oxygen atoms in total. The molecule has 3 aromatic rings. The first-order valence-electron chi connectivity index (χ1n) is 8.34. The topological polar surface area (TPSA) is 55.1 Å². The molecule has 0 saturated heterocycles. The second kappa shape index (κ2) is 7.70. The normalized spacial score (nSPS) is 10.9. The number of halogens is 2. The Balaban J connectivity index is 2.02. The van der Waals surface area contributed by atoms with Crippen molar-refractivity contribution < 1.29 is 14.3 Å². The van der Waals surface area contributed by atoms with E-state index in [-0.39, 0.29) is 10.6 Å². The first kappa shape index (κ1) is 18.1. The molecular weight excluding hydrogens is 355 g/mol. The lowest BCUT2D eigenvalue weighted by molar-refractivity contribution is 0.0694. The Morgan fingerprint density at radius 1 is 1.19 bits per heavy atom. The van der Waals surface area contributed by atoms with Crippen LogP contribution in [0.5, 0.6) is 0 Å². The molecule has 2 aromatic carbocycles. The van der Waals surface area contributed by atoms with Gasteiger partial charge in [-0.2, -0.15) is 5.10 Å². The van der Waals surface area contributed by atoms with Gasteiger partial charge in [-0.1, -0.05) is 48.9 Å². The summed E-state index contributed by atoms with van der Waals surface area (Å²) in [6, 6.07) is 14.1. The highest BCUT2D eigenvalue weighted by molar-refractivity contribution is 6.30. The molecule has 26 heavy (non-hydrogen) atoms. The zero-order valence-corrected chi connectivity index (χ0v) is 15.0. The van der Waals surface area contributed by atoms with Crippen molar-refractivity contribution in [1.29, 1.82) is 0 Å². The summed E-state index contributed by atoms with van der Waals surface area (Å²) >= 11 is 5.88. The van der Waals surface area contributed by atoms with Gasteiger partial charge in [-0.3, -0.25) is 0 Å². The summed E-state index contributed by atoms with van der Waals surface area (Å²) in [5, 5.41) is 14.2. The van der Waals surface area contributed by atoms with Crippen molar-refractivity contribution >= 4 is 17.6 Å². The lowest BCUT2D eigenvalue weighted by atomic mass is 10.0. The maximum Gasteiger partial charge on any atom is 0.339 e. The Bertz CT molecular complexity index is 938. The minimum atomic E-state index is -1.01. The van der Waals surface area contributed by atoms with E-state index in [2.05, 4.69) is 5.10 Å². The lowest BCUT2D eigenvalue weighted by Crippen LogP contribution is -2.06. The third kappa shape index (κ3) is 3.63. The molecule has 0 amide bonds. The van der Waals surface area contributed by atoms with Crippen LogP contribution in [0, 0.1) is 5.82 Å². The van der Waals surface area contributed by atoms with E-state index >= 15 is 0 Å². The number of aromatic carboxylic acids is 1. The highest BCUT2D eigenvalue weighted by Gasteiger charge is 2.23. The summed E-state index contributed by atoms with van der Waals surface area (Å²) in [6.45, 7) is 1.87. The number of aromatic nitrogens is 2. The van der Waals surface area contributed by atoms with Gasteiger partial charge < -0.3 is 5.11 Å². The molecule has 134 valence electrons. The molecule has 0 unspecified atom stereocenters. The van der Waals surface area contributed by atoms with Gasteiger partial charge in [0.2, 0.25) is 0 Å². The maximum absolute atomic E-state index is 13.5. The van der Waals surface area contributed by atoms with Crippen LogP contribution >= 0.6 is 11.6 Å². The fourth-order valence-electron chi connectivity index (χ4n) is 2.99. The first-order chi connectivity index (χ1) is 12.5. The van der Waals surface area contributed by atoms with Gasteiger partial charge in [-0.25, -0.2) is 13.9 Å². The highest BCUT2D eigenvalue weighted by Crippen LogP contribution is 2.24. The second-order valence-electron chi connectivity index (χ2n) is 5.92. The van der Waals surface area contributed by atoms with Crippen LogP contribution in [-0.2, 0) is 19.3 Å². The molecule has 0 atom stereocenters.